The van der Waals surface area contributed by atoms with Crippen LogP contribution < -0.4 is 11.1 Å². The van der Waals surface area contributed by atoms with Gasteiger partial charge in [0.15, 0.2) is 0 Å². The number of carbonyl (C=O) groups excluding carboxylic acids is 1. The lowest BCUT2D eigenvalue weighted by molar-refractivity contribution is 0.0240. The number of piperazine rings is 1. The molecule has 3 rings (SSSR count). The molecule has 7 nitrogen and oxygen atoms in total. The summed E-state index contributed by atoms with van der Waals surface area (Å²) in [5.41, 5.74) is 6.50. The summed E-state index contributed by atoms with van der Waals surface area (Å²) in [6.45, 7) is 4.57. The summed E-state index contributed by atoms with van der Waals surface area (Å²) in [6.07, 6.45) is 5.39. The summed E-state index contributed by atoms with van der Waals surface area (Å²) >= 11 is 6.19. The lowest BCUT2D eigenvalue weighted by Crippen LogP contribution is -2.62. The van der Waals surface area contributed by atoms with Gasteiger partial charge in [0.1, 0.15) is 0 Å². The predicted molar refractivity (Wildman–Crippen MR) is 117 cm³/mol. The monoisotopic (exact) mass is 442 g/mol. The second-order valence-corrected chi connectivity index (χ2v) is 10.6. The minimum absolute atomic E-state index is 0.132. The molecule has 1 aromatic carbocycles. The maximum atomic E-state index is 12.8. The van der Waals surface area contributed by atoms with E-state index in [-0.39, 0.29) is 17.2 Å². The van der Waals surface area contributed by atoms with Crippen LogP contribution in [0.5, 0.6) is 0 Å². The topological polar surface area (TPSA) is 95.7 Å². The summed E-state index contributed by atoms with van der Waals surface area (Å²) in [7, 11) is -3.16. The number of anilines is 1. The molecule has 1 aliphatic carbocycles. The minimum atomic E-state index is -3.16. The summed E-state index contributed by atoms with van der Waals surface area (Å²) in [6, 6.07) is 5.06. The molecule has 2 aliphatic rings. The molecule has 0 unspecified atom stereocenters. The third kappa shape index (κ3) is 4.87. The smallest absolute Gasteiger partial charge is 0.254 e. The van der Waals surface area contributed by atoms with Gasteiger partial charge in [0.05, 0.1) is 16.3 Å². The van der Waals surface area contributed by atoms with Gasteiger partial charge >= 0.3 is 0 Å². The van der Waals surface area contributed by atoms with Crippen molar-refractivity contribution in [1.82, 2.24) is 14.5 Å². The number of nitrogens with one attached hydrogen (secondary N) is 1. The fourth-order valence-electron chi connectivity index (χ4n) is 4.55. The van der Waals surface area contributed by atoms with E-state index in [0.29, 0.717) is 49.0 Å². The third-order valence-electron chi connectivity index (χ3n) is 6.30. The van der Waals surface area contributed by atoms with Gasteiger partial charge in [-0.1, -0.05) is 36.9 Å². The lowest BCUT2D eigenvalue weighted by atomic mass is 9.79. The Labute approximate surface area is 178 Å². The normalized spacial score (nSPS) is 21.0. The second-order valence-electron chi connectivity index (χ2n) is 7.96. The van der Waals surface area contributed by atoms with Crippen LogP contribution in [0.1, 0.15) is 49.4 Å². The molecule has 29 heavy (non-hydrogen) atoms. The van der Waals surface area contributed by atoms with Crippen molar-refractivity contribution >= 4 is 33.2 Å². The number of rotatable bonds is 6. The SMILES string of the molecule is CCS(=O)(=O)N1CCN(C2(CNC(=O)c3c(N)cccc3Cl)CCCCC2)CC1. The molecule has 1 heterocycles. The van der Waals surface area contributed by atoms with E-state index in [1.807, 2.05) is 0 Å². The van der Waals surface area contributed by atoms with Crippen LogP contribution in [0.4, 0.5) is 5.69 Å². The molecule has 1 amide bonds. The van der Waals surface area contributed by atoms with Crippen molar-refractivity contribution in [2.75, 3.05) is 44.2 Å². The molecule has 1 saturated heterocycles. The van der Waals surface area contributed by atoms with Crippen molar-refractivity contribution in [3.05, 3.63) is 28.8 Å². The average molecular weight is 443 g/mol. The standard InChI is InChI=1S/C20H31ClN4O3S/c1-2-29(27,28)25-13-11-24(12-14-25)20(9-4-3-5-10-20)15-23-19(26)18-16(21)7-6-8-17(18)22/h6-8H,2-5,9-15,22H2,1H3,(H,23,26). The van der Waals surface area contributed by atoms with E-state index in [0.717, 1.165) is 25.7 Å². The van der Waals surface area contributed by atoms with E-state index < -0.39 is 10.0 Å². The number of nitrogens with two attached hydrogens (primary N) is 1. The fourth-order valence-corrected chi connectivity index (χ4v) is 5.90. The Morgan fingerprint density at radius 3 is 2.41 bits per heavy atom. The fraction of sp³-hybridized carbons (Fsp3) is 0.650. The zero-order chi connectivity index (χ0) is 21.1. The minimum Gasteiger partial charge on any atom is -0.398 e. The lowest BCUT2D eigenvalue weighted by Gasteiger charge is -2.49. The number of nitrogen functional groups attached to an aromatic ring is 1. The van der Waals surface area contributed by atoms with E-state index in [1.54, 1.807) is 29.4 Å². The molecule has 162 valence electrons. The molecule has 0 bridgehead atoms. The van der Waals surface area contributed by atoms with Crippen LogP contribution in [0.2, 0.25) is 5.02 Å². The van der Waals surface area contributed by atoms with Gasteiger partial charge < -0.3 is 11.1 Å². The number of halogens is 1. The Morgan fingerprint density at radius 1 is 1.17 bits per heavy atom. The highest BCUT2D eigenvalue weighted by Gasteiger charge is 2.40. The van der Waals surface area contributed by atoms with Gasteiger partial charge in [0.2, 0.25) is 10.0 Å². The highest BCUT2D eigenvalue weighted by Crippen LogP contribution is 2.34. The third-order valence-corrected chi connectivity index (χ3v) is 8.50. The number of nitrogens with zero attached hydrogens (tertiary/aromatic N) is 2. The zero-order valence-electron chi connectivity index (χ0n) is 17.0. The van der Waals surface area contributed by atoms with Crippen LogP contribution in [-0.4, -0.2) is 67.5 Å². The molecule has 1 saturated carbocycles. The number of benzene rings is 1. The Bertz CT molecular complexity index is 812. The molecule has 3 N–H and O–H groups in total. The highest BCUT2D eigenvalue weighted by atomic mass is 35.5. The van der Waals surface area contributed by atoms with Gasteiger partial charge in [-0.2, -0.15) is 4.31 Å². The molecule has 0 atom stereocenters. The molecule has 1 aromatic rings. The van der Waals surface area contributed by atoms with Crippen molar-refractivity contribution in [2.24, 2.45) is 0 Å². The van der Waals surface area contributed by atoms with Gasteiger partial charge in [-0.3, -0.25) is 9.69 Å². The number of sulfonamides is 1. The number of carbonyl (C=O) groups is 1. The first-order chi connectivity index (χ1) is 13.8. The molecular weight excluding hydrogens is 412 g/mol. The molecule has 0 spiro atoms. The van der Waals surface area contributed by atoms with Crippen molar-refractivity contribution in [3.8, 4) is 0 Å². The van der Waals surface area contributed by atoms with Crippen LogP contribution >= 0.6 is 11.6 Å². The Kier molecular flexibility index (Phi) is 7.09. The second kappa shape index (κ2) is 9.20. The first-order valence-corrected chi connectivity index (χ1v) is 12.3. The van der Waals surface area contributed by atoms with E-state index in [1.165, 1.54) is 6.42 Å². The van der Waals surface area contributed by atoms with Crippen molar-refractivity contribution < 1.29 is 13.2 Å². The van der Waals surface area contributed by atoms with Crippen molar-refractivity contribution in [1.29, 1.82) is 0 Å². The van der Waals surface area contributed by atoms with Crippen LogP contribution in [0.3, 0.4) is 0 Å². The summed E-state index contributed by atoms with van der Waals surface area (Å²) in [5.74, 6) is -0.127. The largest absolute Gasteiger partial charge is 0.398 e. The van der Waals surface area contributed by atoms with Crippen LogP contribution in [0.15, 0.2) is 18.2 Å². The van der Waals surface area contributed by atoms with Gasteiger partial charge in [-0.15, -0.1) is 0 Å². The van der Waals surface area contributed by atoms with E-state index in [2.05, 4.69) is 10.2 Å². The zero-order valence-corrected chi connectivity index (χ0v) is 18.6. The Balaban J connectivity index is 1.71. The molecule has 0 aromatic heterocycles. The Morgan fingerprint density at radius 2 is 1.83 bits per heavy atom. The molecule has 2 fully saturated rings. The van der Waals surface area contributed by atoms with Crippen molar-refractivity contribution in [3.63, 3.8) is 0 Å². The van der Waals surface area contributed by atoms with Crippen LogP contribution in [-0.2, 0) is 10.0 Å². The quantitative estimate of drug-likeness (QED) is 0.659. The number of hydrogen-bond donors (Lipinski definition) is 2. The average Bonchev–Trinajstić information content (AvgIpc) is 2.73. The van der Waals surface area contributed by atoms with Gasteiger partial charge in [0, 0.05) is 44.0 Å². The van der Waals surface area contributed by atoms with Crippen molar-refractivity contribution in [2.45, 2.75) is 44.6 Å². The first kappa shape index (κ1) is 22.3. The summed E-state index contributed by atoms with van der Waals surface area (Å²) in [5, 5.41) is 3.41. The summed E-state index contributed by atoms with van der Waals surface area (Å²) < 4.78 is 25.9. The predicted octanol–water partition coefficient (Wildman–Crippen LogP) is 2.32. The summed E-state index contributed by atoms with van der Waals surface area (Å²) in [4.78, 5) is 15.2. The van der Waals surface area contributed by atoms with E-state index >= 15 is 0 Å². The maximum absolute atomic E-state index is 12.8. The maximum Gasteiger partial charge on any atom is 0.254 e. The van der Waals surface area contributed by atoms with Gasteiger partial charge in [0.25, 0.3) is 5.91 Å². The molecule has 1 aliphatic heterocycles. The first-order valence-electron chi connectivity index (χ1n) is 10.3. The van der Waals surface area contributed by atoms with E-state index in [4.69, 9.17) is 17.3 Å². The van der Waals surface area contributed by atoms with Gasteiger partial charge in [-0.25, -0.2) is 8.42 Å². The van der Waals surface area contributed by atoms with Gasteiger partial charge in [-0.05, 0) is 31.9 Å². The molecule has 9 heteroatoms. The molecular formula is C20H31ClN4O3S. The number of amides is 1. The highest BCUT2D eigenvalue weighted by molar-refractivity contribution is 7.89. The van der Waals surface area contributed by atoms with E-state index in [9.17, 15) is 13.2 Å². The van der Waals surface area contributed by atoms with Crippen LogP contribution in [0, 0.1) is 0 Å². The molecule has 0 radical (unpaired) electrons. The van der Waals surface area contributed by atoms with Crippen LogP contribution in [0.25, 0.3) is 0 Å². The number of hydrogen-bond acceptors (Lipinski definition) is 5. The Hall–Kier alpha value is -1.35.